The Hall–Kier alpha value is -2.13. The molecule has 2 rings (SSSR count). The van der Waals surface area contributed by atoms with Crippen molar-refractivity contribution < 1.29 is 4.79 Å². The number of amides is 1. The highest BCUT2D eigenvalue weighted by Gasteiger charge is 2.02. The van der Waals surface area contributed by atoms with Gasteiger partial charge in [-0.15, -0.1) is 0 Å². The van der Waals surface area contributed by atoms with Crippen molar-refractivity contribution in [1.82, 2.24) is 4.98 Å². The number of hydrogen-bond acceptors (Lipinski definition) is 2. The summed E-state index contributed by atoms with van der Waals surface area (Å²) in [6.45, 7) is 1.94. The standard InChI is InChI=1S/C15H13ClN2O/c1-11-4-6-14(13(16)9-11)18-15(19)7-5-12-3-2-8-17-10-12/h2-10H,1H3,(H,18,19)/b7-5+. The normalized spacial score (nSPS) is 10.6. The van der Waals surface area contributed by atoms with Crippen LogP contribution in [0.5, 0.6) is 0 Å². The van der Waals surface area contributed by atoms with Crippen LogP contribution in [0.3, 0.4) is 0 Å². The molecular formula is C15H13ClN2O. The molecule has 3 nitrogen and oxygen atoms in total. The number of rotatable bonds is 3. The molecule has 1 aromatic carbocycles. The predicted octanol–water partition coefficient (Wildman–Crippen LogP) is 3.70. The first kappa shape index (κ1) is 13.3. The Morgan fingerprint density at radius 3 is 2.89 bits per heavy atom. The number of carbonyl (C=O) groups is 1. The van der Waals surface area contributed by atoms with E-state index in [4.69, 9.17) is 11.6 Å². The summed E-state index contributed by atoms with van der Waals surface area (Å²) in [6.07, 6.45) is 6.52. The number of hydrogen-bond donors (Lipinski definition) is 1. The molecule has 1 N–H and O–H groups in total. The Balaban J connectivity index is 2.04. The minimum atomic E-state index is -0.227. The van der Waals surface area contributed by atoms with E-state index in [9.17, 15) is 4.79 Å². The summed E-state index contributed by atoms with van der Waals surface area (Å²) < 4.78 is 0. The maximum atomic E-state index is 11.7. The molecule has 2 aromatic rings. The predicted molar refractivity (Wildman–Crippen MR) is 78.1 cm³/mol. The number of anilines is 1. The monoisotopic (exact) mass is 272 g/mol. The smallest absolute Gasteiger partial charge is 0.248 e. The lowest BCUT2D eigenvalue weighted by Gasteiger charge is -2.05. The van der Waals surface area contributed by atoms with E-state index in [1.54, 1.807) is 24.5 Å². The number of benzene rings is 1. The van der Waals surface area contributed by atoms with Crippen LogP contribution in [-0.4, -0.2) is 10.9 Å². The van der Waals surface area contributed by atoms with Crippen molar-refractivity contribution in [2.75, 3.05) is 5.32 Å². The quantitative estimate of drug-likeness (QED) is 0.866. The number of nitrogens with zero attached hydrogens (tertiary/aromatic N) is 1. The third-order valence-electron chi connectivity index (χ3n) is 2.49. The van der Waals surface area contributed by atoms with E-state index < -0.39 is 0 Å². The summed E-state index contributed by atoms with van der Waals surface area (Å²) in [5.74, 6) is -0.227. The van der Waals surface area contributed by atoms with Crippen LogP contribution in [0.4, 0.5) is 5.69 Å². The van der Waals surface area contributed by atoms with Gasteiger partial charge in [-0.3, -0.25) is 9.78 Å². The lowest BCUT2D eigenvalue weighted by Crippen LogP contribution is -2.08. The number of aryl methyl sites for hydroxylation is 1. The summed E-state index contributed by atoms with van der Waals surface area (Å²) in [4.78, 5) is 15.7. The van der Waals surface area contributed by atoms with Gasteiger partial charge in [0.25, 0.3) is 0 Å². The minimum absolute atomic E-state index is 0.227. The van der Waals surface area contributed by atoms with Gasteiger partial charge in [-0.25, -0.2) is 0 Å². The van der Waals surface area contributed by atoms with Gasteiger partial charge in [0.05, 0.1) is 10.7 Å². The molecule has 0 atom stereocenters. The average Bonchev–Trinajstić information content (AvgIpc) is 2.41. The number of aromatic nitrogens is 1. The first-order valence-corrected chi connectivity index (χ1v) is 6.18. The van der Waals surface area contributed by atoms with Crippen LogP contribution in [0.1, 0.15) is 11.1 Å². The van der Waals surface area contributed by atoms with Crippen molar-refractivity contribution in [3.05, 3.63) is 65.0 Å². The van der Waals surface area contributed by atoms with E-state index >= 15 is 0 Å². The number of pyridine rings is 1. The van der Waals surface area contributed by atoms with Crippen LogP contribution in [0.15, 0.2) is 48.8 Å². The van der Waals surface area contributed by atoms with Gasteiger partial charge in [0.2, 0.25) is 5.91 Å². The van der Waals surface area contributed by atoms with Gasteiger partial charge in [0.15, 0.2) is 0 Å². The van der Waals surface area contributed by atoms with Gasteiger partial charge < -0.3 is 5.32 Å². The molecule has 1 amide bonds. The van der Waals surface area contributed by atoms with Crippen LogP contribution in [0, 0.1) is 6.92 Å². The lowest BCUT2D eigenvalue weighted by atomic mass is 10.2. The second kappa shape index (κ2) is 6.16. The molecule has 0 saturated heterocycles. The zero-order valence-corrected chi connectivity index (χ0v) is 11.2. The molecular weight excluding hydrogens is 260 g/mol. The Labute approximate surface area is 116 Å². The van der Waals surface area contributed by atoms with Crippen molar-refractivity contribution in [3.63, 3.8) is 0 Å². The Kier molecular flexibility index (Phi) is 4.31. The first-order valence-electron chi connectivity index (χ1n) is 5.80. The number of halogens is 1. The Morgan fingerprint density at radius 2 is 2.21 bits per heavy atom. The molecule has 0 aliphatic heterocycles. The second-order valence-corrected chi connectivity index (χ2v) is 4.50. The summed E-state index contributed by atoms with van der Waals surface area (Å²) in [5, 5.41) is 3.26. The van der Waals surface area contributed by atoms with Gasteiger partial charge >= 0.3 is 0 Å². The van der Waals surface area contributed by atoms with E-state index in [1.165, 1.54) is 6.08 Å². The molecule has 0 spiro atoms. The number of nitrogens with one attached hydrogen (secondary N) is 1. The lowest BCUT2D eigenvalue weighted by molar-refractivity contribution is -0.111. The number of carbonyl (C=O) groups excluding carboxylic acids is 1. The van der Waals surface area contributed by atoms with E-state index in [1.807, 2.05) is 31.2 Å². The summed E-state index contributed by atoms with van der Waals surface area (Å²) in [5.41, 5.74) is 2.52. The Bertz CT molecular complexity index is 609. The van der Waals surface area contributed by atoms with Gasteiger partial charge in [-0.1, -0.05) is 23.7 Å². The van der Waals surface area contributed by atoms with E-state index in [0.29, 0.717) is 10.7 Å². The molecule has 1 heterocycles. The molecule has 0 fully saturated rings. The van der Waals surface area contributed by atoms with Crippen molar-refractivity contribution in [2.45, 2.75) is 6.92 Å². The van der Waals surface area contributed by atoms with Crippen LogP contribution in [0.25, 0.3) is 6.08 Å². The Morgan fingerprint density at radius 1 is 1.37 bits per heavy atom. The van der Waals surface area contributed by atoms with Crippen LogP contribution >= 0.6 is 11.6 Å². The molecule has 19 heavy (non-hydrogen) atoms. The third kappa shape index (κ3) is 3.93. The van der Waals surface area contributed by atoms with Gasteiger partial charge in [0, 0.05) is 18.5 Å². The fraction of sp³-hybridized carbons (Fsp3) is 0.0667. The topological polar surface area (TPSA) is 42.0 Å². The first-order chi connectivity index (χ1) is 9.15. The molecule has 96 valence electrons. The van der Waals surface area contributed by atoms with Crippen LogP contribution in [-0.2, 0) is 4.79 Å². The average molecular weight is 273 g/mol. The van der Waals surface area contributed by atoms with E-state index in [-0.39, 0.29) is 5.91 Å². The van der Waals surface area contributed by atoms with Crippen LogP contribution < -0.4 is 5.32 Å². The highest BCUT2D eigenvalue weighted by molar-refractivity contribution is 6.33. The molecule has 0 aliphatic carbocycles. The third-order valence-corrected chi connectivity index (χ3v) is 2.81. The van der Waals surface area contributed by atoms with Crippen molar-refractivity contribution in [1.29, 1.82) is 0 Å². The van der Waals surface area contributed by atoms with Gasteiger partial charge in [0.1, 0.15) is 0 Å². The highest BCUT2D eigenvalue weighted by Crippen LogP contribution is 2.22. The molecule has 0 saturated carbocycles. The fourth-order valence-corrected chi connectivity index (χ4v) is 1.82. The highest BCUT2D eigenvalue weighted by atomic mass is 35.5. The van der Waals surface area contributed by atoms with Gasteiger partial charge in [-0.05, 0) is 42.3 Å². The summed E-state index contributed by atoms with van der Waals surface area (Å²) >= 11 is 6.04. The molecule has 4 heteroatoms. The van der Waals surface area contributed by atoms with Crippen molar-refractivity contribution in [3.8, 4) is 0 Å². The fourth-order valence-electron chi connectivity index (χ4n) is 1.54. The summed E-state index contributed by atoms with van der Waals surface area (Å²) in [7, 11) is 0. The van der Waals surface area contributed by atoms with Crippen molar-refractivity contribution >= 4 is 29.3 Å². The molecule has 0 aliphatic rings. The summed E-state index contributed by atoms with van der Waals surface area (Å²) in [6, 6.07) is 9.17. The molecule has 1 aromatic heterocycles. The molecule has 0 unspecified atom stereocenters. The van der Waals surface area contributed by atoms with Gasteiger partial charge in [-0.2, -0.15) is 0 Å². The molecule has 0 radical (unpaired) electrons. The maximum Gasteiger partial charge on any atom is 0.248 e. The van der Waals surface area contributed by atoms with E-state index in [2.05, 4.69) is 10.3 Å². The van der Waals surface area contributed by atoms with Crippen LogP contribution in [0.2, 0.25) is 5.02 Å². The second-order valence-electron chi connectivity index (χ2n) is 4.09. The zero-order chi connectivity index (χ0) is 13.7. The maximum absolute atomic E-state index is 11.7. The minimum Gasteiger partial charge on any atom is -0.321 e. The van der Waals surface area contributed by atoms with Crippen molar-refractivity contribution in [2.24, 2.45) is 0 Å². The largest absolute Gasteiger partial charge is 0.321 e. The molecule has 0 bridgehead atoms. The SMILES string of the molecule is Cc1ccc(NC(=O)/C=C/c2cccnc2)c(Cl)c1. The van der Waals surface area contributed by atoms with E-state index in [0.717, 1.165) is 11.1 Å². The zero-order valence-electron chi connectivity index (χ0n) is 10.4.